The number of hydrogen-bond acceptors (Lipinski definition) is 5. The average molecular weight is 318 g/mol. The van der Waals surface area contributed by atoms with Crippen LogP contribution < -0.4 is 10.6 Å². The summed E-state index contributed by atoms with van der Waals surface area (Å²) in [6.45, 7) is 1.72. The molecule has 2 aromatic heterocycles. The highest BCUT2D eigenvalue weighted by Gasteiger charge is 2.43. The van der Waals surface area contributed by atoms with E-state index in [4.69, 9.17) is 5.73 Å². The number of nitrogens with zero attached hydrogens (tertiary/aromatic N) is 5. The monoisotopic (exact) mass is 318 g/mol. The van der Waals surface area contributed by atoms with Crippen molar-refractivity contribution in [3.63, 3.8) is 0 Å². The molecule has 0 spiro atoms. The van der Waals surface area contributed by atoms with Crippen LogP contribution in [0.3, 0.4) is 0 Å². The van der Waals surface area contributed by atoms with E-state index in [0.29, 0.717) is 29.5 Å². The first kappa shape index (κ1) is 14.3. The van der Waals surface area contributed by atoms with Crippen molar-refractivity contribution in [2.75, 3.05) is 18.0 Å². The van der Waals surface area contributed by atoms with E-state index in [0.717, 1.165) is 5.39 Å². The highest BCUT2D eigenvalue weighted by Crippen LogP contribution is 2.30. The maximum atomic E-state index is 14.0. The minimum atomic E-state index is -2.95. The van der Waals surface area contributed by atoms with E-state index in [1.165, 1.54) is 4.90 Å². The fraction of sp³-hybridized carbons (Fsp3) is 0.400. The molecule has 3 aromatic rings. The van der Waals surface area contributed by atoms with E-state index in [9.17, 15) is 8.78 Å². The molecule has 6 nitrogen and oxygen atoms in total. The number of aryl methyl sites for hydroxylation is 1. The summed E-state index contributed by atoms with van der Waals surface area (Å²) >= 11 is 0. The fourth-order valence-electron chi connectivity index (χ4n) is 2.98. The van der Waals surface area contributed by atoms with Gasteiger partial charge in [-0.25, -0.2) is 18.7 Å². The summed E-state index contributed by atoms with van der Waals surface area (Å²) in [5.41, 5.74) is 6.86. The van der Waals surface area contributed by atoms with Gasteiger partial charge in [-0.2, -0.15) is 4.52 Å². The van der Waals surface area contributed by atoms with Crippen LogP contribution in [0.4, 0.5) is 14.7 Å². The van der Waals surface area contributed by atoms with Crippen molar-refractivity contribution >= 4 is 22.5 Å². The molecular weight excluding hydrogens is 302 g/mol. The first-order valence-electron chi connectivity index (χ1n) is 7.46. The zero-order chi connectivity index (χ0) is 16.2. The third-order valence-electron chi connectivity index (χ3n) is 4.20. The summed E-state index contributed by atoms with van der Waals surface area (Å²) in [6.07, 6.45) is 0.205. The van der Waals surface area contributed by atoms with Crippen LogP contribution in [0, 0.1) is 6.92 Å². The smallest absolute Gasteiger partial charge is 0.280 e. The van der Waals surface area contributed by atoms with Gasteiger partial charge in [-0.3, -0.25) is 0 Å². The predicted molar refractivity (Wildman–Crippen MR) is 82.8 cm³/mol. The molecule has 8 heteroatoms. The average Bonchev–Trinajstić information content (AvgIpc) is 2.91. The van der Waals surface area contributed by atoms with Crippen molar-refractivity contribution in [1.29, 1.82) is 0 Å². The van der Waals surface area contributed by atoms with Crippen LogP contribution in [0.25, 0.3) is 16.6 Å². The number of rotatable bonds is 1. The van der Waals surface area contributed by atoms with Crippen LogP contribution in [-0.4, -0.2) is 44.6 Å². The van der Waals surface area contributed by atoms with Gasteiger partial charge in [0.15, 0.2) is 5.65 Å². The quantitative estimate of drug-likeness (QED) is 0.740. The van der Waals surface area contributed by atoms with E-state index in [-0.39, 0.29) is 6.42 Å². The number of hydrogen-bond donors (Lipinski definition) is 1. The molecule has 2 N–H and O–H groups in total. The lowest BCUT2D eigenvalue weighted by atomic mass is 10.0. The first-order chi connectivity index (χ1) is 11.0. The summed E-state index contributed by atoms with van der Waals surface area (Å²) in [7, 11) is 0. The molecule has 4 rings (SSSR count). The van der Waals surface area contributed by atoms with Gasteiger partial charge in [0, 0.05) is 11.9 Å². The second-order valence-corrected chi connectivity index (χ2v) is 5.90. The maximum Gasteiger partial charge on any atom is 0.280 e. The summed E-state index contributed by atoms with van der Waals surface area (Å²) in [5, 5.41) is 5.18. The first-order valence-corrected chi connectivity index (χ1v) is 7.46. The molecule has 120 valence electrons. The van der Waals surface area contributed by atoms with Gasteiger partial charge < -0.3 is 10.6 Å². The Kier molecular flexibility index (Phi) is 2.99. The zero-order valence-electron chi connectivity index (χ0n) is 12.6. The lowest BCUT2D eigenvalue weighted by Gasteiger charge is -2.36. The van der Waals surface area contributed by atoms with Gasteiger partial charge in [-0.15, -0.1) is 5.10 Å². The van der Waals surface area contributed by atoms with Crippen molar-refractivity contribution in [3.05, 3.63) is 30.1 Å². The highest BCUT2D eigenvalue weighted by atomic mass is 19.3. The Bertz CT molecular complexity index is 890. The van der Waals surface area contributed by atoms with Gasteiger partial charge in [0.1, 0.15) is 5.82 Å². The zero-order valence-corrected chi connectivity index (χ0v) is 12.6. The van der Waals surface area contributed by atoms with Crippen LogP contribution in [-0.2, 0) is 0 Å². The number of piperidine rings is 1. The normalized spacial score (nSPS) is 21.2. The number of benzene rings is 1. The van der Waals surface area contributed by atoms with Gasteiger partial charge >= 0.3 is 0 Å². The van der Waals surface area contributed by atoms with Crippen molar-refractivity contribution in [2.24, 2.45) is 5.73 Å². The Hall–Kier alpha value is -2.35. The second kappa shape index (κ2) is 4.82. The van der Waals surface area contributed by atoms with Crippen LogP contribution in [0.1, 0.15) is 12.2 Å². The molecule has 0 saturated carbocycles. The van der Waals surface area contributed by atoms with Gasteiger partial charge in [0.2, 0.25) is 5.95 Å². The standard InChI is InChI=1S/C15H16F2N6/c1-9-19-13-10-4-2-3-5-11(10)20-14(23(13)21-9)22-7-6-12(18)15(16,17)8-22/h2-5,12H,6-8,18H2,1H3. The summed E-state index contributed by atoms with van der Waals surface area (Å²) in [6, 6.07) is 6.38. The highest BCUT2D eigenvalue weighted by molar-refractivity contribution is 5.92. The van der Waals surface area contributed by atoms with Gasteiger partial charge in [0.25, 0.3) is 5.92 Å². The van der Waals surface area contributed by atoms with Crippen molar-refractivity contribution in [1.82, 2.24) is 19.6 Å². The predicted octanol–water partition coefficient (Wildman–Crippen LogP) is 1.76. The second-order valence-electron chi connectivity index (χ2n) is 5.90. The molecule has 0 radical (unpaired) electrons. The Balaban J connectivity index is 1.92. The topological polar surface area (TPSA) is 72.3 Å². The Morgan fingerprint density at radius 2 is 2.04 bits per heavy atom. The summed E-state index contributed by atoms with van der Waals surface area (Å²) in [4.78, 5) is 10.5. The van der Waals surface area contributed by atoms with Crippen molar-refractivity contribution in [3.8, 4) is 0 Å². The Morgan fingerprint density at radius 3 is 2.83 bits per heavy atom. The van der Waals surface area contributed by atoms with Crippen LogP contribution in [0.2, 0.25) is 0 Å². The fourth-order valence-corrected chi connectivity index (χ4v) is 2.98. The number of nitrogens with two attached hydrogens (primary N) is 1. The third-order valence-corrected chi connectivity index (χ3v) is 4.20. The number of alkyl halides is 2. The molecule has 0 bridgehead atoms. The molecule has 1 unspecified atom stereocenters. The van der Waals surface area contributed by atoms with Gasteiger partial charge in [0.05, 0.1) is 18.1 Å². The van der Waals surface area contributed by atoms with E-state index in [1.807, 2.05) is 24.3 Å². The van der Waals surface area contributed by atoms with E-state index in [1.54, 1.807) is 11.4 Å². The maximum absolute atomic E-state index is 14.0. The number of para-hydroxylation sites is 1. The molecule has 1 aliphatic heterocycles. The van der Waals surface area contributed by atoms with Gasteiger partial charge in [-0.1, -0.05) is 12.1 Å². The molecule has 1 atom stereocenters. The molecule has 0 amide bonds. The molecule has 0 aliphatic carbocycles. The van der Waals surface area contributed by atoms with Crippen LogP contribution >= 0.6 is 0 Å². The third kappa shape index (κ3) is 2.21. The van der Waals surface area contributed by atoms with Crippen LogP contribution in [0.15, 0.2) is 24.3 Å². The molecular formula is C15H16F2N6. The number of anilines is 1. The Morgan fingerprint density at radius 1 is 1.26 bits per heavy atom. The lowest BCUT2D eigenvalue weighted by molar-refractivity contribution is -0.0304. The lowest BCUT2D eigenvalue weighted by Crippen LogP contribution is -2.56. The minimum Gasteiger partial charge on any atom is -0.335 e. The molecule has 3 heterocycles. The molecule has 1 saturated heterocycles. The molecule has 1 aliphatic rings. The van der Waals surface area contributed by atoms with E-state index in [2.05, 4.69) is 15.1 Å². The molecule has 23 heavy (non-hydrogen) atoms. The van der Waals surface area contributed by atoms with Gasteiger partial charge in [-0.05, 0) is 25.5 Å². The molecule has 1 aromatic carbocycles. The van der Waals surface area contributed by atoms with Crippen molar-refractivity contribution < 1.29 is 8.78 Å². The Labute approximate surface area is 130 Å². The summed E-state index contributed by atoms with van der Waals surface area (Å²) in [5.74, 6) is -2.00. The minimum absolute atomic E-state index is 0.205. The van der Waals surface area contributed by atoms with Crippen molar-refractivity contribution in [2.45, 2.75) is 25.3 Å². The SMILES string of the molecule is Cc1nc2c3ccccc3nc(N3CCC(N)C(F)(F)C3)n2n1. The van der Waals surface area contributed by atoms with Crippen LogP contribution in [0.5, 0.6) is 0 Å². The number of fused-ring (bicyclic) bond motifs is 3. The number of aromatic nitrogens is 4. The number of halogens is 2. The van der Waals surface area contributed by atoms with E-state index < -0.39 is 18.5 Å². The molecule has 1 fully saturated rings. The summed E-state index contributed by atoms with van der Waals surface area (Å²) < 4.78 is 29.6. The largest absolute Gasteiger partial charge is 0.335 e. The van der Waals surface area contributed by atoms with E-state index >= 15 is 0 Å².